The number of para-hydroxylation sites is 1. The number of halogens is 1. The first-order valence-electron chi connectivity index (χ1n) is 7.18. The quantitative estimate of drug-likeness (QED) is 0.908. The summed E-state index contributed by atoms with van der Waals surface area (Å²) in [5.41, 5.74) is 1.28. The highest BCUT2D eigenvalue weighted by atomic mass is 35.5. The molecule has 3 rings (SSSR count). The van der Waals surface area contributed by atoms with Gasteiger partial charge in [0.05, 0.1) is 10.7 Å². The summed E-state index contributed by atoms with van der Waals surface area (Å²) in [4.78, 5) is 29.9. The number of benzene rings is 1. The van der Waals surface area contributed by atoms with Gasteiger partial charge in [-0.3, -0.25) is 9.78 Å². The molecule has 1 saturated heterocycles. The minimum atomic E-state index is -0.562. The molecule has 118 valence electrons. The summed E-state index contributed by atoms with van der Waals surface area (Å²) >= 11 is 6.13. The van der Waals surface area contributed by atoms with Crippen LogP contribution in [-0.4, -0.2) is 29.5 Å². The molecule has 2 N–H and O–H groups in total. The van der Waals surface area contributed by atoms with Crippen molar-refractivity contribution in [2.75, 3.05) is 16.8 Å². The van der Waals surface area contributed by atoms with Gasteiger partial charge in [0, 0.05) is 24.6 Å². The zero-order valence-corrected chi connectivity index (χ0v) is 13.0. The first-order chi connectivity index (χ1) is 11.1. The molecule has 0 aliphatic carbocycles. The Bertz CT molecular complexity index is 723. The largest absolute Gasteiger partial charge is 0.326 e. The molecule has 0 spiro atoms. The van der Waals surface area contributed by atoms with Gasteiger partial charge in [-0.25, -0.2) is 4.79 Å². The molecule has 0 bridgehead atoms. The number of nitrogens with zero attached hydrogens (tertiary/aromatic N) is 2. The van der Waals surface area contributed by atoms with Crippen molar-refractivity contribution in [3.8, 4) is 0 Å². The Morgan fingerprint density at radius 2 is 1.96 bits per heavy atom. The first-order valence-corrected chi connectivity index (χ1v) is 7.56. The second-order valence-corrected chi connectivity index (χ2v) is 5.52. The van der Waals surface area contributed by atoms with Crippen LogP contribution in [-0.2, 0) is 4.79 Å². The lowest BCUT2D eigenvalue weighted by atomic mass is 10.2. The summed E-state index contributed by atoms with van der Waals surface area (Å²) in [5.74, 6) is -0.164. The first kappa shape index (κ1) is 15.3. The van der Waals surface area contributed by atoms with E-state index in [0.29, 0.717) is 29.4 Å². The van der Waals surface area contributed by atoms with Crippen LogP contribution in [0.2, 0.25) is 5.02 Å². The van der Waals surface area contributed by atoms with Crippen molar-refractivity contribution in [1.82, 2.24) is 10.3 Å². The molecule has 0 saturated carbocycles. The summed E-state index contributed by atoms with van der Waals surface area (Å²) < 4.78 is 0. The number of anilines is 2. The van der Waals surface area contributed by atoms with Crippen LogP contribution in [0.15, 0.2) is 48.8 Å². The number of amides is 3. The van der Waals surface area contributed by atoms with Gasteiger partial charge in [-0.2, -0.15) is 0 Å². The van der Waals surface area contributed by atoms with Crippen LogP contribution in [0.25, 0.3) is 0 Å². The highest BCUT2D eigenvalue weighted by Gasteiger charge is 2.34. The van der Waals surface area contributed by atoms with Crippen molar-refractivity contribution in [3.05, 3.63) is 53.8 Å². The van der Waals surface area contributed by atoms with E-state index >= 15 is 0 Å². The van der Waals surface area contributed by atoms with Crippen LogP contribution in [0.4, 0.5) is 16.2 Å². The molecule has 1 aliphatic heterocycles. The minimum Gasteiger partial charge on any atom is -0.326 e. The average molecular weight is 331 g/mol. The molecule has 0 radical (unpaired) electrons. The smallest absolute Gasteiger partial charge is 0.319 e. The molecule has 23 heavy (non-hydrogen) atoms. The summed E-state index contributed by atoms with van der Waals surface area (Å²) in [6, 6.07) is 9.53. The minimum absolute atomic E-state index is 0.164. The SMILES string of the molecule is O=C(Nc1ccncc1)N[C@H]1CCN(c2ccccc2Cl)C1=O. The van der Waals surface area contributed by atoms with E-state index in [9.17, 15) is 9.59 Å². The summed E-state index contributed by atoms with van der Waals surface area (Å²) in [5, 5.41) is 5.88. The number of rotatable bonds is 3. The van der Waals surface area contributed by atoms with Gasteiger partial charge in [-0.15, -0.1) is 0 Å². The van der Waals surface area contributed by atoms with Gasteiger partial charge < -0.3 is 15.5 Å². The van der Waals surface area contributed by atoms with Gasteiger partial charge in [0.15, 0.2) is 0 Å². The van der Waals surface area contributed by atoms with Crippen LogP contribution >= 0.6 is 11.6 Å². The average Bonchev–Trinajstić information content (AvgIpc) is 2.90. The third-order valence-electron chi connectivity index (χ3n) is 3.59. The summed E-state index contributed by atoms with van der Waals surface area (Å²) in [7, 11) is 0. The number of carbonyl (C=O) groups is 2. The lowest BCUT2D eigenvalue weighted by Crippen LogP contribution is -2.43. The number of pyridine rings is 1. The van der Waals surface area contributed by atoms with Gasteiger partial charge in [-0.1, -0.05) is 23.7 Å². The van der Waals surface area contributed by atoms with Crippen LogP contribution in [0.3, 0.4) is 0 Å². The standard InChI is InChI=1S/C16H15ClN4O2/c17-12-3-1-2-4-14(12)21-10-7-13(15(21)22)20-16(23)19-11-5-8-18-9-6-11/h1-6,8-9,13H,7,10H2,(H2,18,19,20,23)/t13-/m0/s1. The van der Waals surface area contributed by atoms with Gasteiger partial charge in [0.25, 0.3) is 0 Å². The molecule has 1 aliphatic rings. The number of aromatic nitrogens is 1. The molecular formula is C16H15ClN4O2. The van der Waals surface area contributed by atoms with E-state index in [1.165, 1.54) is 0 Å². The Morgan fingerprint density at radius 1 is 1.22 bits per heavy atom. The Morgan fingerprint density at radius 3 is 2.70 bits per heavy atom. The molecule has 1 aromatic heterocycles. The van der Waals surface area contributed by atoms with Crippen LogP contribution < -0.4 is 15.5 Å². The third-order valence-corrected chi connectivity index (χ3v) is 3.91. The van der Waals surface area contributed by atoms with Crippen molar-refractivity contribution in [2.45, 2.75) is 12.5 Å². The van der Waals surface area contributed by atoms with Gasteiger partial charge >= 0.3 is 6.03 Å². The van der Waals surface area contributed by atoms with E-state index < -0.39 is 12.1 Å². The second kappa shape index (κ2) is 6.66. The maximum absolute atomic E-state index is 12.5. The van der Waals surface area contributed by atoms with Crippen molar-refractivity contribution >= 4 is 34.9 Å². The predicted octanol–water partition coefficient (Wildman–Crippen LogP) is 2.66. The maximum Gasteiger partial charge on any atom is 0.319 e. The molecule has 1 aromatic carbocycles. The fourth-order valence-corrected chi connectivity index (χ4v) is 2.72. The summed E-state index contributed by atoms with van der Waals surface area (Å²) in [6.45, 7) is 0.517. The highest BCUT2D eigenvalue weighted by molar-refractivity contribution is 6.34. The molecule has 2 aromatic rings. The van der Waals surface area contributed by atoms with Crippen molar-refractivity contribution < 1.29 is 9.59 Å². The number of hydrogen-bond donors (Lipinski definition) is 2. The monoisotopic (exact) mass is 330 g/mol. The number of nitrogens with one attached hydrogen (secondary N) is 2. The maximum atomic E-state index is 12.5. The van der Waals surface area contributed by atoms with E-state index in [0.717, 1.165) is 0 Å². The van der Waals surface area contributed by atoms with Gasteiger partial charge in [0.1, 0.15) is 6.04 Å². The normalized spacial score (nSPS) is 17.2. The molecule has 1 fully saturated rings. The zero-order valence-electron chi connectivity index (χ0n) is 12.2. The van der Waals surface area contributed by atoms with Crippen LogP contribution in [0.5, 0.6) is 0 Å². The lowest BCUT2D eigenvalue weighted by molar-refractivity contribution is -0.118. The second-order valence-electron chi connectivity index (χ2n) is 5.12. The van der Waals surface area contributed by atoms with E-state index in [1.807, 2.05) is 12.1 Å². The third kappa shape index (κ3) is 3.43. The molecule has 2 heterocycles. The molecule has 0 unspecified atom stereocenters. The van der Waals surface area contributed by atoms with E-state index in [2.05, 4.69) is 15.6 Å². The molecule has 7 heteroatoms. The van der Waals surface area contributed by atoms with E-state index in [-0.39, 0.29) is 5.91 Å². The van der Waals surface area contributed by atoms with Gasteiger partial charge in [0.2, 0.25) is 5.91 Å². The molecule has 1 atom stereocenters. The Kier molecular flexibility index (Phi) is 4.43. The topological polar surface area (TPSA) is 74.3 Å². The number of hydrogen-bond acceptors (Lipinski definition) is 3. The highest BCUT2D eigenvalue weighted by Crippen LogP contribution is 2.28. The Labute approximate surface area is 138 Å². The van der Waals surface area contributed by atoms with Crippen molar-refractivity contribution in [3.63, 3.8) is 0 Å². The van der Waals surface area contributed by atoms with E-state index in [1.54, 1.807) is 41.6 Å². The zero-order chi connectivity index (χ0) is 16.2. The number of urea groups is 1. The van der Waals surface area contributed by atoms with Crippen molar-refractivity contribution in [1.29, 1.82) is 0 Å². The Hall–Kier alpha value is -2.60. The fourth-order valence-electron chi connectivity index (χ4n) is 2.48. The lowest BCUT2D eigenvalue weighted by Gasteiger charge is -2.18. The van der Waals surface area contributed by atoms with E-state index in [4.69, 9.17) is 11.6 Å². The fraction of sp³-hybridized carbons (Fsp3) is 0.188. The Balaban J connectivity index is 1.63. The van der Waals surface area contributed by atoms with Crippen LogP contribution in [0.1, 0.15) is 6.42 Å². The van der Waals surface area contributed by atoms with Gasteiger partial charge in [-0.05, 0) is 30.7 Å². The molecular weight excluding hydrogens is 316 g/mol. The molecule has 3 amide bonds. The predicted molar refractivity (Wildman–Crippen MR) is 88.6 cm³/mol. The van der Waals surface area contributed by atoms with Crippen molar-refractivity contribution in [2.24, 2.45) is 0 Å². The number of carbonyl (C=O) groups excluding carboxylic acids is 2. The molecule has 6 nitrogen and oxygen atoms in total. The summed E-state index contributed by atoms with van der Waals surface area (Å²) in [6.07, 6.45) is 3.69. The van der Waals surface area contributed by atoms with Crippen LogP contribution in [0, 0.1) is 0 Å².